The summed E-state index contributed by atoms with van der Waals surface area (Å²) >= 11 is 0. The number of hydrogen-bond donors (Lipinski definition) is 1. The van der Waals surface area contributed by atoms with Gasteiger partial charge in [0.15, 0.2) is 0 Å². The molecule has 1 N–H and O–H groups in total. The summed E-state index contributed by atoms with van der Waals surface area (Å²) < 4.78 is 5.74. The first-order chi connectivity index (χ1) is 9.38. The molecule has 2 aromatic carbocycles. The lowest BCUT2D eigenvalue weighted by molar-refractivity contribution is 0.306. The van der Waals surface area contributed by atoms with Crippen LogP contribution in [0.1, 0.15) is 11.1 Å². The van der Waals surface area contributed by atoms with E-state index in [1.54, 1.807) is 0 Å². The van der Waals surface area contributed by atoms with E-state index in [9.17, 15) is 0 Å². The van der Waals surface area contributed by atoms with Gasteiger partial charge in [-0.1, -0.05) is 54.3 Å². The van der Waals surface area contributed by atoms with Crippen LogP contribution in [0.5, 0.6) is 5.75 Å². The normalized spacial score (nSPS) is 9.53. The van der Waals surface area contributed by atoms with E-state index < -0.39 is 0 Å². The van der Waals surface area contributed by atoms with Crippen molar-refractivity contribution in [2.24, 2.45) is 0 Å². The molecule has 0 aromatic heterocycles. The molecule has 0 amide bonds. The highest BCUT2D eigenvalue weighted by Crippen LogP contribution is 2.15. The maximum absolute atomic E-state index is 8.61. The first kappa shape index (κ1) is 13.2. The monoisotopic (exact) mass is 252 g/mol. The van der Waals surface area contributed by atoms with Crippen molar-refractivity contribution in [2.75, 3.05) is 6.61 Å². The highest BCUT2D eigenvalue weighted by molar-refractivity contribution is 5.31. The van der Waals surface area contributed by atoms with Gasteiger partial charge in [0.2, 0.25) is 0 Å². The Morgan fingerprint density at radius 2 is 1.68 bits per heavy atom. The van der Waals surface area contributed by atoms with Crippen molar-refractivity contribution >= 4 is 0 Å². The maximum atomic E-state index is 8.61. The number of ether oxygens (including phenoxy) is 1. The van der Waals surface area contributed by atoms with Crippen LogP contribution in [0, 0.1) is 11.8 Å². The molecule has 0 fully saturated rings. The van der Waals surface area contributed by atoms with Crippen LogP contribution in [-0.4, -0.2) is 11.7 Å². The lowest BCUT2D eigenvalue weighted by Crippen LogP contribution is -1.95. The molecule has 0 unspecified atom stereocenters. The second-order valence-electron chi connectivity index (χ2n) is 4.11. The average molecular weight is 252 g/mol. The van der Waals surface area contributed by atoms with Crippen LogP contribution in [0.15, 0.2) is 54.6 Å². The van der Waals surface area contributed by atoms with Crippen molar-refractivity contribution in [3.63, 3.8) is 0 Å². The first-order valence-electron chi connectivity index (χ1n) is 6.21. The van der Waals surface area contributed by atoms with Crippen molar-refractivity contribution in [1.29, 1.82) is 0 Å². The zero-order chi connectivity index (χ0) is 13.3. The highest BCUT2D eigenvalue weighted by Gasteiger charge is 1.97. The molecule has 19 heavy (non-hydrogen) atoms. The van der Waals surface area contributed by atoms with Crippen LogP contribution in [0.2, 0.25) is 0 Å². The molecule has 0 aliphatic rings. The van der Waals surface area contributed by atoms with Gasteiger partial charge in [0.1, 0.15) is 19.0 Å². The Bertz CT molecular complexity index is 565. The van der Waals surface area contributed by atoms with E-state index in [1.165, 1.54) is 0 Å². The summed E-state index contributed by atoms with van der Waals surface area (Å²) in [5.41, 5.74) is 2.24. The zero-order valence-electron chi connectivity index (χ0n) is 10.7. The predicted octanol–water partition coefficient (Wildman–Crippen LogP) is 2.80. The minimum absolute atomic E-state index is 0.0931. The second-order valence-corrected chi connectivity index (χ2v) is 4.11. The van der Waals surface area contributed by atoms with E-state index in [0.717, 1.165) is 16.9 Å². The zero-order valence-corrected chi connectivity index (χ0v) is 10.7. The van der Waals surface area contributed by atoms with Crippen molar-refractivity contribution in [1.82, 2.24) is 0 Å². The van der Waals surface area contributed by atoms with E-state index in [2.05, 4.69) is 11.8 Å². The third kappa shape index (κ3) is 4.50. The minimum Gasteiger partial charge on any atom is -0.489 e. The van der Waals surface area contributed by atoms with E-state index >= 15 is 0 Å². The Balaban J connectivity index is 1.95. The topological polar surface area (TPSA) is 29.5 Å². The molecule has 0 radical (unpaired) electrons. The molecule has 0 aliphatic heterocycles. The minimum atomic E-state index is -0.0931. The highest BCUT2D eigenvalue weighted by atomic mass is 16.5. The third-order valence-corrected chi connectivity index (χ3v) is 2.64. The average Bonchev–Trinajstić information content (AvgIpc) is 2.47. The third-order valence-electron chi connectivity index (χ3n) is 2.64. The first-order valence-corrected chi connectivity index (χ1v) is 6.21. The Hall–Kier alpha value is -2.24. The lowest BCUT2D eigenvalue weighted by atomic mass is 10.1. The summed E-state index contributed by atoms with van der Waals surface area (Å²) in [5, 5.41) is 8.61. The molecule has 0 heterocycles. The molecule has 2 heteroatoms. The van der Waals surface area contributed by atoms with Gasteiger partial charge in [0, 0.05) is 6.42 Å². The van der Waals surface area contributed by atoms with Crippen LogP contribution < -0.4 is 4.74 Å². The molecule has 0 spiro atoms. The van der Waals surface area contributed by atoms with Crippen molar-refractivity contribution in [3.8, 4) is 17.6 Å². The summed E-state index contributed by atoms with van der Waals surface area (Å²) in [4.78, 5) is 0. The molecule has 0 aliphatic carbocycles. The molecule has 96 valence electrons. The van der Waals surface area contributed by atoms with Gasteiger partial charge in [0.05, 0.1) is 0 Å². The largest absolute Gasteiger partial charge is 0.489 e. The van der Waals surface area contributed by atoms with Gasteiger partial charge in [-0.2, -0.15) is 0 Å². The molecule has 2 aromatic rings. The van der Waals surface area contributed by atoms with Gasteiger partial charge in [-0.05, 0) is 23.3 Å². The number of benzene rings is 2. The Labute approximate surface area is 113 Å². The molecule has 0 saturated heterocycles. The van der Waals surface area contributed by atoms with Crippen LogP contribution in [0.25, 0.3) is 0 Å². The molecule has 2 rings (SSSR count). The Morgan fingerprint density at radius 3 is 2.47 bits per heavy atom. The van der Waals surface area contributed by atoms with Gasteiger partial charge in [-0.25, -0.2) is 0 Å². The van der Waals surface area contributed by atoms with Crippen LogP contribution in [0.4, 0.5) is 0 Å². The summed E-state index contributed by atoms with van der Waals surface area (Å²) in [7, 11) is 0. The van der Waals surface area contributed by atoms with E-state index in [1.807, 2.05) is 54.6 Å². The van der Waals surface area contributed by atoms with Crippen LogP contribution in [-0.2, 0) is 13.0 Å². The molecule has 0 bridgehead atoms. The summed E-state index contributed by atoms with van der Waals surface area (Å²) in [6.45, 7) is 0.469. The van der Waals surface area contributed by atoms with Crippen molar-refractivity contribution in [3.05, 3.63) is 65.7 Å². The van der Waals surface area contributed by atoms with Gasteiger partial charge in [0.25, 0.3) is 0 Å². The number of hydrogen-bond acceptors (Lipinski definition) is 2. The number of aliphatic hydroxyl groups is 1. The predicted molar refractivity (Wildman–Crippen MR) is 75.8 cm³/mol. The summed E-state index contributed by atoms with van der Waals surface area (Å²) in [5.74, 6) is 6.38. The molecule has 2 nitrogen and oxygen atoms in total. The Kier molecular flexibility index (Phi) is 5.04. The fourth-order valence-electron chi connectivity index (χ4n) is 1.71. The van der Waals surface area contributed by atoms with Gasteiger partial charge in [-0.15, -0.1) is 0 Å². The smallest absolute Gasteiger partial charge is 0.120 e. The molecule has 0 atom stereocenters. The summed E-state index contributed by atoms with van der Waals surface area (Å²) in [6.07, 6.45) is 0.628. The number of aliphatic hydroxyl groups excluding tert-OH is 1. The second kappa shape index (κ2) is 7.25. The fourth-order valence-corrected chi connectivity index (χ4v) is 1.71. The maximum Gasteiger partial charge on any atom is 0.120 e. The quantitative estimate of drug-likeness (QED) is 0.848. The van der Waals surface area contributed by atoms with E-state index in [-0.39, 0.29) is 6.61 Å². The van der Waals surface area contributed by atoms with Crippen LogP contribution in [0.3, 0.4) is 0 Å². The Morgan fingerprint density at radius 1 is 0.895 bits per heavy atom. The van der Waals surface area contributed by atoms with Gasteiger partial charge < -0.3 is 9.84 Å². The van der Waals surface area contributed by atoms with Crippen LogP contribution >= 0.6 is 0 Å². The van der Waals surface area contributed by atoms with Crippen molar-refractivity contribution < 1.29 is 9.84 Å². The number of rotatable bonds is 4. The van der Waals surface area contributed by atoms with Gasteiger partial charge in [-0.3, -0.25) is 0 Å². The molecular weight excluding hydrogens is 236 g/mol. The van der Waals surface area contributed by atoms with E-state index in [0.29, 0.717) is 13.0 Å². The summed E-state index contributed by atoms with van der Waals surface area (Å²) in [6, 6.07) is 17.9. The standard InChI is InChI=1S/C17H16O2/c18-12-5-4-7-15-10-6-11-17(13-15)19-14-16-8-2-1-3-9-16/h1-3,6,8-11,13,18H,7,12,14H2. The molecular formula is C17H16O2. The SMILES string of the molecule is OCC#CCc1cccc(OCc2ccccc2)c1. The fraction of sp³-hybridized carbons (Fsp3) is 0.176. The van der Waals surface area contributed by atoms with Gasteiger partial charge >= 0.3 is 0 Å². The van der Waals surface area contributed by atoms with Crippen molar-refractivity contribution in [2.45, 2.75) is 13.0 Å². The lowest BCUT2D eigenvalue weighted by Gasteiger charge is -2.07. The van der Waals surface area contributed by atoms with E-state index in [4.69, 9.17) is 9.84 Å². The molecule has 0 saturated carbocycles.